The lowest BCUT2D eigenvalue weighted by atomic mass is 10.3. The maximum absolute atomic E-state index is 12.0. The van der Waals surface area contributed by atoms with Gasteiger partial charge < -0.3 is 11.1 Å². The van der Waals surface area contributed by atoms with Crippen LogP contribution >= 0.6 is 11.8 Å². The number of nitrogens with two attached hydrogens (primary N) is 1. The van der Waals surface area contributed by atoms with Gasteiger partial charge in [0.25, 0.3) is 5.91 Å². The predicted octanol–water partition coefficient (Wildman–Crippen LogP) is 1.94. The molecule has 3 N–H and O–H groups in total. The van der Waals surface area contributed by atoms with Crippen molar-refractivity contribution in [2.75, 3.05) is 17.7 Å². The molecular weight excluding hydrogens is 272 g/mol. The Morgan fingerprint density at radius 2 is 2.30 bits per heavy atom. The number of aromatic nitrogens is 2. The summed E-state index contributed by atoms with van der Waals surface area (Å²) in [5, 5.41) is 7.19. The highest BCUT2D eigenvalue weighted by Gasteiger charge is 2.12. The number of nitrogens with zero attached hydrogens (tertiary/aromatic N) is 2. The molecule has 2 aromatic rings. The molecule has 2 rings (SSSR count). The van der Waals surface area contributed by atoms with Crippen LogP contribution in [0.4, 0.5) is 5.69 Å². The van der Waals surface area contributed by atoms with Gasteiger partial charge in [0.15, 0.2) is 5.69 Å². The molecule has 1 aromatic carbocycles. The van der Waals surface area contributed by atoms with Gasteiger partial charge in [0, 0.05) is 23.7 Å². The van der Waals surface area contributed by atoms with Crippen molar-refractivity contribution in [3.63, 3.8) is 0 Å². The fourth-order valence-electron chi connectivity index (χ4n) is 1.85. The first-order chi connectivity index (χ1) is 9.60. The lowest BCUT2D eigenvalue weighted by Gasteiger charge is -2.10. The second-order valence-electron chi connectivity index (χ2n) is 4.57. The molecule has 0 saturated carbocycles. The molecule has 6 heteroatoms. The van der Waals surface area contributed by atoms with Crippen LogP contribution in [0.15, 0.2) is 36.5 Å². The second-order valence-corrected chi connectivity index (χ2v) is 5.48. The molecule has 20 heavy (non-hydrogen) atoms. The normalized spacial score (nSPS) is 12.1. The second kappa shape index (κ2) is 6.47. The molecule has 0 aliphatic carbocycles. The van der Waals surface area contributed by atoms with Crippen molar-refractivity contribution in [1.29, 1.82) is 0 Å². The van der Waals surface area contributed by atoms with E-state index >= 15 is 0 Å². The van der Waals surface area contributed by atoms with Crippen LogP contribution in [-0.4, -0.2) is 33.7 Å². The molecule has 0 bridgehead atoms. The highest BCUT2D eigenvalue weighted by Crippen LogP contribution is 2.11. The maximum atomic E-state index is 12.0. The molecule has 0 saturated heterocycles. The Hall–Kier alpha value is -1.95. The number of rotatable bonds is 5. The average Bonchev–Trinajstić information content (AvgIpc) is 2.88. The monoisotopic (exact) mass is 290 g/mol. The Labute approximate surface area is 122 Å². The van der Waals surface area contributed by atoms with Crippen molar-refractivity contribution in [2.24, 2.45) is 0 Å². The number of carbonyl (C=O) groups is 1. The molecule has 0 spiro atoms. The van der Waals surface area contributed by atoms with Crippen LogP contribution in [0.25, 0.3) is 5.69 Å². The molecule has 1 atom stereocenters. The number of anilines is 1. The quantitative estimate of drug-likeness (QED) is 0.825. The number of nitrogens with one attached hydrogen (secondary N) is 1. The summed E-state index contributed by atoms with van der Waals surface area (Å²) >= 11 is 1.70. The van der Waals surface area contributed by atoms with Crippen LogP contribution in [0.3, 0.4) is 0 Å². The van der Waals surface area contributed by atoms with Gasteiger partial charge in [-0.25, -0.2) is 4.68 Å². The molecule has 1 heterocycles. The summed E-state index contributed by atoms with van der Waals surface area (Å²) in [6, 6.07) is 9.18. The third-order valence-electron chi connectivity index (χ3n) is 2.75. The third-order valence-corrected chi connectivity index (χ3v) is 3.58. The number of amides is 1. The van der Waals surface area contributed by atoms with Crippen LogP contribution < -0.4 is 11.1 Å². The molecule has 0 fully saturated rings. The standard InChI is InChI=1S/C14H18N4OS/c1-10(9-20-2)16-14(19)13-6-7-18(17-13)12-5-3-4-11(15)8-12/h3-8,10H,9,15H2,1-2H3,(H,16,19). The summed E-state index contributed by atoms with van der Waals surface area (Å²) in [6.07, 6.45) is 3.76. The lowest BCUT2D eigenvalue weighted by molar-refractivity contribution is 0.0938. The van der Waals surface area contributed by atoms with E-state index in [1.807, 2.05) is 37.4 Å². The summed E-state index contributed by atoms with van der Waals surface area (Å²) in [6.45, 7) is 1.98. The first kappa shape index (κ1) is 14.5. The van der Waals surface area contributed by atoms with Crippen LogP contribution in [0, 0.1) is 0 Å². The molecule has 106 valence electrons. The fourth-order valence-corrected chi connectivity index (χ4v) is 2.43. The molecule has 0 aliphatic rings. The molecule has 1 aromatic heterocycles. The van der Waals surface area contributed by atoms with Gasteiger partial charge in [-0.2, -0.15) is 16.9 Å². The van der Waals surface area contributed by atoms with Gasteiger partial charge in [0.2, 0.25) is 0 Å². The van der Waals surface area contributed by atoms with Crippen molar-refractivity contribution >= 4 is 23.4 Å². The van der Waals surface area contributed by atoms with E-state index in [1.54, 1.807) is 28.7 Å². The molecule has 1 unspecified atom stereocenters. The van der Waals surface area contributed by atoms with E-state index in [-0.39, 0.29) is 11.9 Å². The van der Waals surface area contributed by atoms with E-state index in [0.29, 0.717) is 11.4 Å². The zero-order valence-electron chi connectivity index (χ0n) is 11.5. The van der Waals surface area contributed by atoms with Gasteiger partial charge in [0.1, 0.15) is 0 Å². The molecular formula is C14H18N4OS. The Kier molecular flexibility index (Phi) is 4.68. The maximum Gasteiger partial charge on any atom is 0.272 e. The van der Waals surface area contributed by atoms with E-state index in [9.17, 15) is 4.79 Å². The fraction of sp³-hybridized carbons (Fsp3) is 0.286. The Balaban J connectivity index is 2.11. The van der Waals surface area contributed by atoms with Gasteiger partial charge in [-0.15, -0.1) is 0 Å². The summed E-state index contributed by atoms with van der Waals surface area (Å²) in [5.41, 5.74) is 7.64. The van der Waals surface area contributed by atoms with E-state index in [1.165, 1.54) is 0 Å². The molecule has 0 radical (unpaired) electrons. The zero-order valence-corrected chi connectivity index (χ0v) is 12.4. The largest absolute Gasteiger partial charge is 0.399 e. The van der Waals surface area contributed by atoms with Gasteiger partial charge in [-0.05, 0) is 37.4 Å². The highest BCUT2D eigenvalue weighted by atomic mass is 32.2. The SMILES string of the molecule is CSCC(C)NC(=O)c1ccn(-c2cccc(N)c2)n1. The zero-order chi connectivity index (χ0) is 14.5. The smallest absolute Gasteiger partial charge is 0.272 e. The minimum absolute atomic E-state index is 0.120. The Morgan fingerprint density at radius 3 is 3.00 bits per heavy atom. The lowest BCUT2D eigenvalue weighted by Crippen LogP contribution is -2.34. The average molecular weight is 290 g/mol. The minimum Gasteiger partial charge on any atom is -0.399 e. The summed E-state index contributed by atoms with van der Waals surface area (Å²) in [5.74, 6) is 0.719. The third kappa shape index (κ3) is 3.54. The van der Waals surface area contributed by atoms with Gasteiger partial charge in [-0.3, -0.25) is 4.79 Å². The molecule has 5 nitrogen and oxygen atoms in total. The Bertz CT molecular complexity index is 596. The summed E-state index contributed by atoms with van der Waals surface area (Å²) in [7, 11) is 0. The van der Waals surface area contributed by atoms with Crippen LogP contribution in [0.5, 0.6) is 0 Å². The molecule has 1 amide bonds. The topological polar surface area (TPSA) is 72.9 Å². The van der Waals surface area contributed by atoms with Crippen LogP contribution in [-0.2, 0) is 0 Å². The predicted molar refractivity (Wildman–Crippen MR) is 83.3 cm³/mol. The van der Waals surface area contributed by atoms with E-state index in [0.717, 1.165) is 11.4 Å². The molecule has 0 aliphatic heterocycles. The number of nitrogen functional groups attached to an aromatic ring is 1. The number of carbonyl (C=O) groups excluding carboxylic acids is 1. The van der Waals surface area contributed by atoms with Crippen LogP contribution in [0.1, 0.15) is 17.4 Å². The van der Waals surface area contributed by atoms with Gasteiger partial charge >= 0.3 is 0 Å². The Morgan fingerprint density at radius 1 is 1.50 bits per heavy atom. The van der Waals surface area contributed by atoms with E-state index in [4.69, 9.17) is 5.73 Å². The number of benzene rings is 1. The van der Waals surface area contributed by atoms with E-state index in [2.05, 4.69) is 10.4 Å². The summed E-state index contributed by atoms with van der Waals surface area (Å²) < 4.78 is 1.64. The number of hydrogen-bond donors (Lipinski definition) is 2. The van der Waals surface area contributed by atoms with Gasteiger partial charge in [0.05, 0.1) is 5.69 Å². The van der Waals surface area contributed by atoms with Crippen molar-refractivity contribution in [3.05, 3.63) is 42.2 Å². The number of thioether (sulfide) groups is 1. The number of hydrogen-bond acceptors (Lipinski definition) is 4. The first-order valence-corrected chi connectivity index (χ1v) is 7.71. The summed E-state index contributed by atoms with van der Waals surface area (Å²) in [4.78, 5) is 12.0. The van der Waals surface area contributed by atoms with Crippen molar-refractivity contribution in [3.8, 4) is 5.69 Å². The van der Waals surface area contributed by atoms with E-state index < -0.39 is 0 Å². The highest BCUT2D eigenvalue weighted by molar-refractivity contribution is 7.98. The van der Waals surface area contributed by atoms with Gasteiger partial charge in [-0.1, -0.05) is 6.07 Å². The van der Waals surface area contributed by atoms with Crippen molar-refractivity contribution in [1.82, 2.24) is 15.1 Å². The van der Waals surface area contributed by atoms with Crippen molar-refractivity contribution in [2.45, 2.75) is 13.0 Å². The van der Waals surface area contributed by atoms with Crippen molar-refractivity contribution < 1.29 is 4.79 Å². The first-order valence-electron chi connectivity index (χ1n) is 6.31. The van der Waals surface area contributed by atoms with Crippen LogP contribution in [0.2, 0.25) is 0 Å². The minimum atomic E-state index is -0.158.